The molecule has 3 aromatic heterocycles. The van der Waals surface area contributed by atoms with Gasteiger partial charge in [0.05, 0.1) is 47.6 Å². The minimum atomic E-state index is -3.12. The lowest BCUT2D eigenvalue weighted by atomic mass is 10.1. The van der Waals surface area contributed by atoms with Crippen LogP contribution in [0.25, 0.3) is 22.5 Å². The molecule has 1 fully saturated rings. The molecule has 4 heterocycles. The Hall–Kier alpha value is -3.66. The Kier molecular flexibility index (Phi) is 6.06. The molecule has 5 rings (SSSR count). The normalized spacial score (nSPS) is 17.0. The molecule has 35 heavy (non-hydrogen) atoms. The number of aromatic nitrogens is 3. The first kappa shape index (κ1) is 23.1. The van der Waals surface area contributed by atoms with Crippen LogP contribution >= 0.6 is 0 Å². The van der Waals surface area contributed by atoms with Gasteiger partial charge >= 0.3 is 0 Å². The summed E-state index contributed by atoms with van der Waals surface area (Å²) in [5.74, 6) is 1.15. The molecular weight excluding hydrogens is 468 g/mol. The van der Waals surface area contributed by atoms with Gasteiger partial charge in [0.2, 0.25) is 0 Å². The van der Waals surface area contributed by atoms with E-state index < -0.39 is 9.84 Å². The summed E-state index contributed by atoms with van der Waals surface area (Å²) in [6.07, 6.45) is 2.61. The van der Waals surface area contributed by atoms with Crippen LogP contribution in [0.5, 0.6) is 5.75 Å². The lowest BCUT2D eigenvalue weighted by Gasteiger charge is -2.12. The van der Waals surface area contributed by atoms with E-state index in [1.165, 1.54) is 0 Å². The highest BCUT2D eigenvalue weighted by Gasteiger charge is 2.32. The van der Waals surface area contributed by atoms with Gasteiger partial charge in [-0.05, 0) is 49.6 Å². The highest BCUT2D eigenvalue weighted by Crippen LogP contribution is 2.32. The highest BCUT2D eigenvalue weighted by atomic mass is 32.2. The maximum Gasteiger partial charge on any atom is 0.252 e. The van der Waals surface area contributed by atoms with Crippen LogP contribution in [-0.2, 0) is 16.3 Å². The minimum Gasteiger partial charge on any atom is -0.496 e. The number of nitrogens with zero attached hydrogens (tertiary/aromatic N) is 3. The van der Waals surface area contributed by atoms with E-state index in [2.05, 4.69) is 10.4 Å². The van der Waals surface area contributed by atoms with Crippen molar-refractivity contribution in [1.29, 1.82) is 0 Å². The van der Waals surface area contributed by atoms with Gasteiger partial charge in [-0.15, -0.1) is 0 Å². The Morgan fingerprint density at radius 3 is 2.80 bits per heavy atom. The third-order valence-electron chi connectivity index (χ3n) is 6.28. The first-order chi connectivity index (χ1) is 16.9. The highest BCUT2D eigenvalue weighted by molar-refractivity contribution is 7.91. The topological polar surface area (TPSA) is 116 Å². The number of hydrogen-bond acceptors (Lipinski definition) is 7. The lowest BCUT2D eigenvalue weighted by molar-refractivity contribution is 0.0955. The number of pyridine rings is 1. The summed E-state index contributed by atoms with van der Waals surface area (Å²) in [5.41, 5.74) is 3.01. The second kappa shape index (κ2) is 9.18. The van der Waals surface area contributed by atoms with Crippen molar-refractivity contribution in [3.05, 3.63) is 65.5 Å². The number of carbonyl (C=O) groups is 1. The third-order valence-corrected chi connectivity index (χ3v) is 8.03. The number of benzene rings is 1. The van der Waals surface area contributed by atoms with Gasteiger partial charge in [0, 0.05) is 6.54 Å². The molecule has 182 valence electrons. The van der Waals surface area contributed by atoms with Crippen LogP contribution in [0.1, 0.15) is 34.1 Å². The van der Waals surface area contributed by atoms with E-state index >= 15 is 0 Å². The van der Waals surface area contributed by atoms with Gasteiger partial charge in [-0.3, -0.25) is 4.79 Å². The zero-order valence-electron chi connectivity index (χ0n) is 19.5. The van der Waals surface area contributed by atoms with E-state index in [0.717, 1.165) is 11.3 Å². The number of rotatable bonds is 7. The monoisotopic (exact) mass is 494 g/mol. The molecule has 1 atom stereocenters. The van der Waals surface area contributed by atoms with E-state index in [4.69, 9.17) is 14.1 Å². The molecule has 0 radical (unpaired) electrons. The van der Waals surface area contributed by atoms with Crippen LogP contribution in [0.3, 0.4) is 0 Å². The van der Waals surface area contributed by atoms with Crippen LogP contribution in [0, 0.1) is 6.92 Å². The molecule has 1 aliphatic heterocycles. The fraction of sp³-hybridized carbons (Fsp3) is 0.320. The van der Waals surface area contributed by atoms with E-state index in [1.807, 2.05) is 31.2 Å². The maximum absolute atomic E-state index is 13.4. The van der Waals surface area contributed by atoms with Crippen molar-refractivity contribution in [2.75, 3.05) is 25.2 Å². The van der Waals surface area contributed by atoms with Gasteiger partial charge in [-0.1, -0.05) is 18.2 Å². The van der Waals surface area contributed by atoms with Crippen LogP contribution in [0.15, 0.2) is 53.1 Å². The number of amides is 1. The summed E-state index contributed by atoms with van der Waals surface area (Å²) in [7, 11) is -1.50. The number of furan rings is 1. The number of nitrogens with one attached hydrogen (secondary N) is 1. The molecule has 1 saturated heterocycles. The number of methoxy groups -OCH3 is 1. The first-order valence-corrected chi connectivity index (χ1v) is 13.2. The van der Waals surface area contributed by atoms with Gasteiger partial charge in [-0.2, -0.15) is 5.10 Å². The van der Waals surface area contributed by atoms with Crippen molar-refractivity contribution in [1.82, 2.24) is 20.1 Å². The number of sulfone groups is 1. The fourth-order valence-corrected chi connectivity index (χ4v) is 6.27. The average molecular weight is 495 g/mol. The van der Waals surface area contributed by atoms with Crippen molar-refractivity contribution in [3.63, 3.8) is 0 Å². The van der Waals surface area contributed by atoms with Crippen LogP contribution in [0.2, 0.25) is 0 Å². The summed E-state index contributed by atoms with van der Waals surface area (Å²) in [5, 5.41) is 8.22. The molecule has 10 heteroatoms. The predicted octanol–water partition coefficient (Wildman–Crippen LogP) is 3.34. The SMILES string of the molecule is COc1ccccc1CCNC(=O)c1cc(-c2ccco2)nc2c1c(C)nn2[C@@H]1CCS(=O)(=O)C1. The number of para-hydroxylation sites is 1. The fourth-order valence-electron chi connectivity index (χ4n) is 4.58. The summed E-state index contributed by atoms with van der Waals surface area (Å²) in [6, 6.07) is 12.6. The first-order valence-electron chi connectivity index (χ1n) is 11.4. The Labute approximate surface area is 203 Å². The molecule has 1 amide bonds. The van der Waals surface area contributed by atoms with Crippen molar-refractivity contribution in [2.45, 2.75) is 25.8 Å². The van der Waals surface area contributed by atoms with E-state index in [0.29, 0.717) is 53.1 Å². The number of aryl methyl sites for hydroxylation is 1. The smallest absolute Gasteiger partial charge is 0.252 e. The minimum absolute atomic E-state index is 0.0102. The molecule has 1 aliphatic rings. The third kappa shape index (κ3) is 4.53. The molecule has 0 saturated carbocycles. The van der Waals surface area contributed by atoms with Crippen LogP contribution < -0.4 is 10.1 Å². The molecule has 0 unspecified atom stereocenters. The summed E-state index contributed by atoms with van der Waals surface area (Å²) in [4.78, 5) is 18.1. The van der Waals surface area contributed by atoms with Crippen molar-refractivity contribution >= 4 is 26.8 Å². The van der Waals surface area contributed by atoms with Gasteiger partial charge in [-0.25, -0.2) is 18.1 Å². The standard InChI is InChI=1S/C25H26N4O5S/c1-16-23-19(25(30)26-11-9-17-6-3-4-7-21(17)33-2)14-20(22-8-5-12-34-22)27-24(23)29(28-16)18-10-13-35(31,32)15-18/h3-8,12,14,18H,9-11,13,15H2,1-2H3,(H,26,30)/t18-/m1/s1. The maximum atomic E-state index is 13.4. The molecule has 0 bridgehead atoms. The quantitative estimate of drug-likeness (QED) is 0.419. The van der Waals surface area contributed by atoms with Gasteiger partial charge in [0.1, 0.15) is 11.4 Å². The van der Waals surface area contributed by atoms with Gasteiger partial charge in [0.25, 0.3) is 5.91 Å². The lowest BCUT2D eigenvalue weighted by Crippen LogP contribution is -2.26. The van der Waals surface area contributed by atoms with Gasteiger partial charge < -0.3 is 14.5 Å². The predicted molar refractivity (Wildman–Crippen MR) is 131 cm³/mol. The number of ether oxygens (including phenoxy) is 1. The Balaban J connectivity index is 1.50. The van der Waals surface area contributed by atoms with Crippen molar-refractivity contribution in [2.24, 2.45) is 0 Å². The number of fused-ring (bicyclic) bond motifs is 1. The second-order valence-electron chi connectivity index (χ2n) is 8.64. The molecule has 1 N–H and O–H groups in total. The van der Waals surface area contributed by atoms with Crippen molar-refractivity contribution in [3.8, 4) is 17.2 Å². The van der Waals surface area contributed by atoms with E-state index in [-0.39, 0.29) is 23.5 Å². The number of carbonyl (C=O) groups excluding carboxylic acids is 1. The molecular formula is C25H26N4O5S. The molecule has 1 aromatic carbocycles. The molecule has 9 nitrogen and oxygen atoms in total. The van der Waals surface area contributed by atoms with E-state index in [1.54, 1.807) is 36.3 Å². The second-order valence-corrected chi connectivity index (χ2v) is 10.9. The Bertz CT molecular complexity index is 1490. The Morgan fingerprint density at radius 1 is 1.26 bits per heavy atom. The molecule has 0 aliphatic carbocycles. The van der Waals surface area contributed by atoms with E-state index in [9.17, 15) is 13.2 Å². The summed E-state index contributed by atoms with van der Waals surface area (Å²) < 4.78 is 36.8. The molecule has 4 aromatic rings. The number of hydrogen-bond donors (Lipinski definition) is 1. The van der Waals surface area contributed by atoms with Gasteiger partial charge in [0.15, 0.2) is 21.2 Å². The molecule has 0 spiro atoms. The zero-order chi connectivity index (χ0) is 24.6. The largest absolute Gasteiger partial charge is 0.496 e. The zero-order valence-corrected chi connectivity index (χ0v) is 20.3. The van der Waals surface area contributed by atoms with Crippen LogP contribution in [0.4, 0.5) is 0 Å². The average Bonchev–Trinajstić information content (AvgIpc) is 3.58. The summed E-state index contributed by atoms with van der Waals surface area (Å²) in [6.45, 7) is 2.22. The summed E-state index contributed by atoms with van der Waals surface area (Å²) >= 11 is 0. The Morgan fingerprint density at radius 2 is 2.09 bits per heavy atom. The van der Waals surface area contributed by atoms with Crippen molar-refractivity contribution < 1.29 is 22.4 Å². The van der Waals surface area contributed by atoms with Crippen LogP contribution in [-0.4, -0.2) is 54.2 Å².